The number of likely N-dealkylation sites (tertiary alicyclic amines) is 1. The van der Waals surface area contributed by atoms with Crippen LogP contribution < -0.4 is 0 Å². The van der Waals surface area contributed by atoms with E-state index in [1.54, 1.807) is 0 Å². The maximum atomic E-state index is 12.0. The Bertz CT molecular complexity index is 198. The van der Waals surface area contributed by atoms with Crippen molar-refractivity contribution in [2.24, 2.45) is 5.41 Å². The number of carbonyl (C=O) groups is 1. The molecule has 0 saturated carbocycles. The van der Waals surface area contributed by atoms with Gasteiger partial charge in [-0.1, -0.05) is 27.7 Å². The Morgan fingerprint density at radius 2 is 2.08 bits per heavy atom. The van der Waals surface area contributed by atoms with Crippen molar-refractivity contribution in [3.8, 4) is 0 Å². The summed E-state index contributed by atoms with van der Waals surface area (Å²) in [6, 6.07) is 0.175. The second-order valence-electron chi connectivity index (χ2n) is 4.55. The first-order valence-corrected chi connectivity index (χ1v) is 5.31. The molecule has 1 aliphatic rings. The summed E-state index contributed by atoms with van der Waals surface area (Å²) in [5, 5.41) is 0. The molecular weight excluding hydrogens is 162 g/mol. The lowest BCUT2D eigenvalue weighted by molar-refractivity contribution is -0.137. The van der Waals surface area contributed by atoms with Gasteiger partial charge >= 0.3 is 0 Å². The topological polar surface area (TPSA) is 20.3 Å². The largest absolute Gasteiger partial charge is 0.297 e. The number of piperidine rings is 1. The highest BCUT2D eigenvalue weighted by Crippen LogP contribution is 2.31. The zero-order chi connectivity index (χ0) is 10.1. The van der Waals surface area contributed by atoms with Crippen LogP contribution in [-0.2, 0) is 4.79 Å². The van der Waals surface area contributed by atoms with Crippen molar-refractivity contribution in [1.29, 1.82) is 0 Å². The summed E-state index contributed by atoms with van der Waals surface area (Å²) < 4.78 is 0. The Hall–Kier alpha value is -0.370. The maximum absolute atomic E-state index is 12.0. The van der Waals surface area contributed by atoms with E-state index in [4.69, 9.17) is 0 Å². The number of carbonyl (C=O) groups excluding carboxylic acids is 1. The van der Waals surface area contributed by atoms with Gasteiger partial charge < -0.3 is 0 Å². The lowest BCUT2D eigenvalue weighted by atomic mass is 9.77. The molecule has 0 aromatic carbocycles. The summed E-state index contributed by atoms with van der Waals surface area (Å²) in [4.78, 5) is 14.3. The van der Waals surface area contributed by atoms with E-state index in [-0.39, 0.29) is 11.5 Å². The van der Waals surface area contributed by atoms with Crippen LogP contribution in [0.4, 0.5) is 0 Å². The van der Waals surface area contributed by atoms with Crippen LogP contribution in [0.25, 0.3) is 0 Å². The van der Waals surface area contributed by atoms with Gasteiger partial charge in [-0.05, 0) is 25.9 Å². The van der Waals surface area contributed by atoms with Crippen molar-refractivity contribution >= 4 is 5.78 Å². The third-order valence-electron chi connectivity index (χ3n) is 3.23. The van der Waals surface area contributed by atoms with Crippen LogP contribution in [0.2, 0.25) is 0 Å². The van der Waals surface area contributed by atoms with Gasteiger partial charge in [0.15, 0.2) is 5.78 Å². The Morgan fingerprint density at radius 1 is 1.46 bits per heavy atom. The third kappa shape index (κ3) is 1.93. The standard InChI is InChI=1S/C11H21NO/c1-5-9-10(13)11(3,4)7-8-12(9)6-2/h9H,5-8H2,1-4H3/t9-/m1/s1. The summed E-state index contributed by atoms with van der Waals surface area (Å²) in [5.74, 6) is 0.433. The van der Waals surface area contributed by atoms with Crippen LogP contribution in [0.3, 0.4) is 0 Å². The molecule has 0 amide bonds. The molecule has 0 aromatic heterocycles. The summed E-state index contributed by atoms with van der Waals surface area (Å²) >= 11 is 0. The van der Waals surface area contributed by atoms with Crippen molar-refractivity contribution in [3.63, 3.8) is 0 Å². The van der Waals surface area contributed by atoms with E-state index < -0.39 is 0 Å². The van der Waals surface area contributed by atoms with Gasteiger partial charge in [0.2, 0.25) is 0 Å². The highest BCUT2D eigenvalue weighted by Gasteiger charge is 2.39. The number of rotatable bonds is 2. The van der Waals surface area contributed by atoms with Gasteiger partial charge in [-0.2, -0.15) is 0 Å². The van der Waals surface area contributed by atoms with Crippen molar-refractivity contribution < 1.29 is 4.79 Å². The molecule has 0 aromatic rings. The van der Waals surface area contributed by atoms with E-state index in [1.165, 1.54) is 0 Å². The second-order valence-corrected chi connectivity index (χ2v) is 4.55. The molecule has 0 N–H and O–H groups in total. The van der Waals surface area contributed by atoms with Crippen molar-refractivity contribution in [2.45, 2.75) is 46.6 Å². The van der Waals surface area contributed by atoms with E-state index in [1.807, 2.05) is 0 Å². The quantitative estimate of drug-likeness (QED) is 0.653. The molecule has 2 heteroatoms. The number of nitrogens with zero attached hydrogens (tertiary/aromatic N) is 1. The molecule has 13 heavy (non-hydrogen) atoms. The minimum atomic E-state index is -0.0909. The molecular formula is C11H21NO. The molecule has 0 radical (unpaired) electrons. The van der Waals surface area contributed by atoms with Crippen molar-refractivity contribution in [3.05, 3.63) is 0 Å². The van der Waals surface area contributed by atoms with Gasteiger partial charge in [0.25, 0.3) is 0 Å². The Kier molecular flexibility index (Phi) is 3.12. The first kappa shape index (κ1) is 10.7. The third-order valence-corrected chi connectivity index (χ3v) is 3.23. The van der Waals surface area contributed by atoms with E-state index in [0.717, 1.165) is 25.9 Å². The van der Waals surface area contributed by atoms with Crippen LogP contribution in [-0.4, -0.2) is 29.8 Å². The van der Waals surface area contributed by atoms with E-state index in [0.29, 0.717) is 5.78 Å². The molecule has 76 valence electrons. The smallest absolute Gasteiger partial charge is 0.155 e. The van der Waals surface area contributed by atoms with Crippen LogP contribution in [0.5, 0.6) is 0 Å². The molecule has 0 unspecified atom stereocenters. The highest BCUT2D eigenvalue weighted by atomic mass is 16.1. The molecule has 1 atom stereocenters. The van der Waals surface area contributed by atoms with Gasteiger partial charge in [-0.3, -0.25) is 9.69 Å². The predicted molar refractivity (Wildman–Crippen MR) is 54.7 cm³/mol. The van der Waals surface area contributed by atoms with Gasteiger partial charge in [-0.25, -0.2) is 0 Å². The molecule has 1 heterocycles. The Morgan fingerprint density at radius 3 is 2.54 bits per heavy atom. The maximum Gasteiger partial charge on any atom is 0.155 e. The van der Waals surface area contributed by atoms with Gasteiger partial charge in [0.05, 0.1) is 6.04 Å². The summed E-state index contributed by atoms with van der Waals surface area (Å²) in [6.45, 7) is 10.5. The average Bonchev–Trinajstić information content (AvgIpc) is 2.09. The number of Topliss-reactive ketones (excluding diaryl/α,β-unsaturated/α-hetero) is 1. The van der Waals surface area contributed by atoms with Crippen molar-refractivity contribution in [2.75, 3.05) is 13.1 Å². The summed E-state index contributed by atoms with van der Waals surface area (Å²) in [5.41, 5.74) is -0.0909. The SMILES string of the molecule is CC[C@@H]1C(=O)C(C)(C)CCN1CC. The molecule has 0 bridgehead atoms. The number of ketones is 1. The van der Waals surface area contributed by atoms with Crippen molar-refractivity contribution in [1.82, 2.24) is 4.90 Å². The van der Waals surface area contributed by atoms with Crippen LogP contribution in [0.15, 0.2) is 0 Å². The predicted octanol–water partition coefficient (Wildman–Crippen LogP) is 2.09. The average molecular weight is 183 g/mol. The molecule has 2 nitrogen and oxygen atoms in total. The van der Waals surface area contributed by atoms with Gasteiger partial charge in [0, 0.05) is 5.41 Å². The fraction of sp³-hybridized carbons (Fsp3) is 0.909. The number of hydrogen-bond acceptors (Lipinski definition) is 2. The highest BCUT2D eigenvalue weighted by molar-refractivity contribution is 5.89. The minimum Gasteiger partial charge on any atom is -0.297 e. The molecule has 1 aliphatic heterocycles. The van der Waals surface area contributed by atoms with E-state index in [9.17, 15) is 4.79 Å². The molecule has 1 rings (SSSR count). The lowest BCUT2D eigenvalue weighted by Crippen LogP contribution is -2.52. The molecule has 0 spiro atoms. The fourth-order valence-electron chi connectivity index (χ4n) is 2.14. The monoisotopic (exact) mass is 183 g/mol. The molecule has 0 aliphatic carbocycles. The number of hydrogen-bond donors (Lipinski definition) is 0. The Labute approximate surface area is 81.3 Å². The Balaban J connectivity index is 2.78. The fourth-order valence-corrected chi connectivity index (χ4v) is 2.14. The molecule has 1 fully saturated rings. The van der Waals surface area contributed by atoms with Gasteiger partial charge in [0.1, 0.15) is 0 Å². The minimum absolute atomic E-state index is 0.0909. The molecule has 1 saturated heterocycles. The normalized spacial score (nSPS) is 29.2. The van der Waals surface area contributed by atoms with Crippen LogP contribution in [0, 0.1) is 5.41 Å². The number of likely N-dealkylation sites (N-methyl/N-ethyl adjacent to an activating group) is 1. The van der Waals surface area contributed by atoms with Crippen LogP contribution in [0.1, 0.15) is 40.5 Å². The summed E-state index contributed by atoms with van der Waals surface area (Å²) in [7, 11) is 0. The zero-order valence-corrected chi connectivity index (χ0v) is 9.26. The van der Waals surface area contributed by atoms with Crippen LogP contribution >= 0.6 is 0 Å². The summed E-state index contributed by atoms with van der Waals surface area (Å²) in [6.07, 6.45) is 1.96. The zero-order valence-electron chi connectivity index (χ0n) is 9.26. The second kappa shape index (κ2) is 3.79. The first-order valence-electron chi connectivity index (χ1n) is 5.31. The lowest BCUT2D eigenvalue weighted by Gasteiger charge is -2.41. The van der Waals surface area contributed by atoms with E-state index in [2.05, 4.69) is 32.6 Å². The van der Waals surface area contributed by atoms with Gasteiger partial charge in [-0.15, -0.1) is 0 Å². The van der Waals surface area contributed by atoms with E-state index >= 15 is 0 Å². The first-order chi connectivity index (χ1) is 6.03.